The van der Waals surface area contributed by atoms with Crippen molar-refractivity contribution in [1.29, 1.82) is 0 Å². The third-order valence-corrected chi connectivity index (χ3v) is 3.15. The Morgan fingerprint density at radius 2 is 2.05 bits per heavy atom. The molecule has 0 aromatic carbocycles. The fourth-order valence-electron chi connectivity index (χ4n) is 2.04. The highest BCUT2D eigenvalue weighted by Crippen LogP contribution is 2.16. The van der Waals surface area contributed by atoms with Crippen LogP contribution < -0.4 is 15.4 Å². The van der Waals surface area contributed by atoms with Crippen LogP contribution in [0.1, 0.15) is 26.7 Å². The molecule has 0 saturated carbocycles. The summed E-state index contributed by atoms with van der Waals surface area (Å²) in [7, 11) is 1.79. The zero-order valence-corrected chi connectivity index (χ0v) is 12.7. The molecule has 1 aliphatic rings. The van der Waals surface area contributed by atoms with Crippen molar-refractivity contribution in [3.63, 3.8) is 0 Å². The van der Waals surface area contributed by atoms with Gasteiger partial charge in [0.2, 0.25) is 17.8 Å². The van der Waals surface area contributed by atoms with Gasteiger partial charge < -0.3 is 20.3 Å². The highest BCUT2D eigenvalue weighted by Gasteiger charge is 2.29. The molecular formula is C13H22N6O2. The van der Waals surface area contributed by atoms with Gasteiger partial charge in [0.15, 0.2) is 0 Å². The SMILES string of the molecule is CCCNc1nc(NC2CCN(C)C2=O)nc(OCC)n1. The van der Waals surface area contributed by atoms with Gasteiger partial charge in [-0.15, -0.1) is 0 Å². The average molecular weight is 294 g/mol. The maximum atomic E-state index is 11.9. The first-order valence-electron chi connectivity index (χ1n) is 7.28. The maximum Gasteiger partial charge on any atom is 0.323 e. The summed E-state index contributed by atoms with van der Waals surface area (Å²) < 4.78 is 5.34. The Hall–Kier alpha value is -2.12. The molecule has 0 spiro atoms. The van der Waals surface area contributed by atoms with E-state index in [4.69, 9.17) is 4.74 Å². The minimum absolute atomic E-state index is 0.0523. The van der Waals surface area contributed by atoms with E-state index in [1.54, 1.807) is 11.9 Å². The number of likely N-dealkylation sites (N-methyl/N-ethyl adjacent to an activating group) is 1. The minimum atomic E-state index is -0.286. The first-order valence-corrected chi connectivity index (χ1v) is 7.28. The number of rotatable bonds is 7. The normalized spacial score (nSPS) is 18.0. The van der Waals surface area contributed by atoms with Crippen molar-refractivity contribution in [3.05, 3.63) is 0 Å². The van der Waals surface area contributed by atoms with Crippen LogP contribution in [-0.2, 0) is 4.79 Å². The van der Waals surface area contributed by atoms with Crippen LogP contribution >= 0.6 is 0 Å². The van der Waals surface area contributed by atoms with Crippen LogP contribution in [0, 0.1) is 0 Å². The second-order valence-electron chi connectivity index (χ2n) is 4.87. The molecule has 1 aromatic rings. The van der Waals surface area contributed by atoms with Crippen molar-refractivity contribution in [2.24, 2.45) is 0 Å². The summed E-state index contributed by atoms with van der Waals surface area (Å²) in [6.07, 6.45) is 1.70. The summed E-state index contributed by atoms with van der Waals surface area (Å²) in [6, 6.07) is -0.0293. The molecular weight excluding hydrogens is 272 g/mol. The number of hydrogen-bond donors (Lipinski definition) is 2. The second-order valence-corrected chi connectivity index (χ2v) is 4.87. The van der Waals surface area contributed by atoms with E-state index in [1.807, 2.05) is 6.92 Å². The Morgan fingerprint density at radius 1 is 1.29 bits per heavy atom. The quantitative estimate of drug-likeness (QED) is 0.766. The molecule has 1 amide bonds. The number of carbonyl (C=O) groups is 1. The molecule has 1 fully saturated rings. The summed E-state index contributed by atoms with van der Waals surface area (Å²) in [5.41, 5.74) is 0. The van der Waals surface area contributed by atoms with Crippen molar-refractivity contribution >= 4 is 17.8 Å². The maximum absolute atomic E-state index is 11.9. The molecule has 21 heavy (non-hydrogen) atoms. The number of hydrogen-bond acceptors (Lipinski definition) is 7. The van der Waals surface area contributed by atoms with E-state index in [1.165, 1.54) is 0 Å². The number of ether oxygens (including phenoxy) is 1. The third kappa shape index (κ3) is 3.93. The number of amides is 1. The molecule has 0 radical (unpaired) electrons. The Bertz CT molecular complexity index is 496. The molecule has 2 N–H and O–H groups in total. The molecule has 2 rings (SSSR count). The van der Waals surface area contributed by atoms with Gasteiger partial charge in [-0.1, -0.05) is 6.92 Å². The van der Waals surface area contributed by atoms with E-state index in [0.717, 1.165) is 25.9 Å². The van der Waals surface area contributed by atoms with Crippen molar-refractivity contribution < 1.29 is 9.53 Å². The van der Waals surface area contributed by atoms with E-state index in [0.29, 0.717) is 18.5 Å². The lowest BCUT2D eigenvalue weighted by atomic mass is 10.2. The molecule has 0 bridgehead atoms. The number of likely N-dealkylation sites (tertiary alicyclic amines) is 1. The number of aromatic nitrogens is 3. The summed E-state index contributed by atoms with van der Waals surface area (Å²) in [5, 5.41) is 6.16. The van der Waals surface area contributed by atoms with Gasteiger partial charge in [-0.3, -0.25) is 4.79 Å². The molecule has 1 unspecified atom stereocenters. The van der Waals surface area contributed by atoms with Crippen LogP contribution in [-0.4, -0.2) is 58.5 Å². The van der Waals surface area contributed by atoms with Crippen molar-refractivity contribution in [3.8, 4) is 6.01 Å². The van der Waals surface area contributed by atoms with Crippen LogP contribution in [0.3, 0.4) is 0 Å². The fourth-order valence-corrected chi connectivity index (χ4v) is 2.04. The van der Waals surface area contributed by atoms with E-state index >= 15 is 0 Å². The van der Waals surface area contributed by atoms with Crippen LogP contribution in [0.25, 0.3) is 0 Å². The standard InChI is InChI=1S/C13H22N6O2/c1-4-7-14-11-16-12(18-13(17-11)21-5-2)15-9-6-8-19(3)10(9)20/h9H,4-8H2,1-3H3,(H2,14,15,16,17,18). The third-order valence-electron chi connectivity index (χ3n) is 3.15. The number of carbonyl (C=O) groups excluding carboxylic acids is 1. The van der Waals surface area contributed by atoms with Crippen LogP contribution in [0.2, 0.25) is 0 Å². The molecule has 8 heteroatoms. The summed E-state index contributed by atoms with van der Waals surface area (Å²) in [6.45, 7) is 5.90. The average Bonchev–Trinajstić information content (AvgIpc) is 2.77. The highest BCUT2D eigenvalue weighted by atomic mass is 16.5. The van der Waals surface area contributed by atoms with E-state index in [-0.39, 0.29) is 18.0 Å². The number of anilines is 2. The van der Waals surface area contributed by atoms with Crippen LogP contribution in [0.15, 0.2) is 0 Å². The Morgan fingerprint density at radius 3 is 2.67 bits per heavy atom. The van der Waals surface area contributed by atoms with Gasteiger partial charge in [0, 0.05) is 20.1 Å². The Balaban J connectivity index is 2.13. The van der Waals surface area contributed by atoms with Crippen molar-refractivity contribution in [2.45, 2.75) is 32.7 Å². The molecule has 0 aliphatic carbocycles. The zero-order chi connectivity index (χ0) is 15.2. The lowest BCUT2D eigenvalue weighted by molar-refractivity contribution is -0.127. The van der Waals surface area contributed by atoms with Gasteiger partial charge in [-0.25, -0.2) is 0 Å². The fraction of sp³-hybridized carbons (Fsp3) is 0.692. The molecule has 1 aromatic heterocycles. The molecule has 1 aliphatic heterocycles. The predicted octanol–water partition coefficient (Wildman–Crippen LogP) is 0.735. The smallest absolute Gasteiger partial charge is 0.323 e. The Labute approximate surface area is 124 Å². The van der Waals surface area contributed by atoms with Gasteiger partial charge in [0.1, 0.15) is 6.04 Å². The molecule has 116 valence electrons. The van der Waals surface area contributed by atoms with E-state index in [2.05, 4.69) is 32.5 Å². The molecule has 2 heterocycles. The zero-order valence-electron chi connectivity index (χ0n) is 12.7. The van der Waals surface area contributed by atoms with Gasteiger partial charge in [0.25, 0.3) is 0 Å². The largest absolute Gasteiger partial charge is 0.464 e. The minimum Gasteiger partial charge on any atom is -0.464 e. The van der Waals surface area contributed by atoms with Gasteiger partial charge in [0.05, 0.1) is 6.61 Å². The molecule has 8 nitrogen and oxygen atoms in total. The summed E-state index contributed by atoms with van der Waals surface area (Å²) in [4.78, 5) is 26.3. The summed E-state index contributed by atoms with van der Waals surface area (Å²) >= 11 is 0. The first kappa shape index (κ1) is 15.3. The highest BCUT2D eigenvalue weighted by molar-refractivity contribution is 5.86. The topological polar surface area (TPSA) is 92.3 Å². The Kier molecular flexibility index (Phi) is 5.13. The number of nitrogens with one attached hydrogen (secondary N) is 2. The van der Waals surface area contributed by atoms with Gasteiger partial charge in [-0.05, 0) is 19.8 Å². The second kappa shape index (κ2) is 7.05. The first-order chi connectivity index (χ1) is 10.1. The van der Waals surface area contributed by atoms with E-state index < -0.39 is 0 Å². The predicted molar refractivity (Wildman–Crippen MR) is 79.4 cm³/mol. The lowest BCUT2D eigenvalue weighted by Gasteiger charge is -2.13. The van der Waals surface area contributed by atoms with E-state index in [9.17, 15) is 4.79 Å². The van der Waals surface area contributed by atoms with Crippen LogP contribution in [0.4, 0.5) is 11.9 Å². The molecule has 1 saturated heterocycles. The van der Waals surface area contributed by atoms with Crippen molar-refractivity contribution in [1.82, 2.24) is 19.9 Å². The molecule has 1 atom stereocenters. The van der Waals surface area contributed by atoms with Crippen LogP contribution in [0.5, 0.6) is 6.01 Å². The lowest BCUT2D eigenvalue weighted by Crippen LogP contribution is -2.31. The van der Waals surface area contributed by atoms with Gasteiger partial charge in [-0.2, -0.15) is 15.0 Å². The van der Waals surface area contributed by atoms with Crippen molar-refractivity contribution in [2.75, 3.05) is 37.4 Å². The monoisotopic (exact) mass is 294 g/mol. The number of nitrogens with zero attached hydrogens (tertiary/aromatic N) is 4. The van der Waals surface area contributed by atoms with Gasteiger partial charge >= 0.3 is 6.01 Å². The summed E-state index contributed by atoms with van der Waals surface area (Å²) in [5.74, 6) is 0.869.